The van der Waals surface area contributed by atoms with Crippen LogP contribution in [0.4, 0.5) is 4.79 Å². The summed E-state index contributed by atoms with van der Waals surface area (Å²) in [7, 11) is 3.20. The van der Waals surface area contributed by atoms with Gasteiger partial charge < -0.3 is 35.7 Å². The van der Waals surface area contributed by atoms with E-state index in [1.807, 2.05) is 93.4 Å². The van der Waals surface area contributed by atoms with Crippen molar-refractivity contribution in [2.75, 3.05) is 40.4 Å². The fourth-order valence-corrected chi connectivity index (χ4v) is 7.69. The molecule has 0 aliphatic carbocycles. The molecule has 1 aliphatic heterocycles. The molecular formula is C41H60N6O7S. The molecule has 0 spiro atoms. The predicted molar refractivity (Wildman–Crippen MR) is 214 cm³/mol. The topological polar surface area (TPSA) is 169 Å². The molecule has 0 unspecified atom stereocenters. The molecule has 0 bridgehead atoms. The van der Waals surface area contributed by atoms with Crippen molar-refractivity contribution in [3.05, 3.63) is 75.7 Å². The molecule has 13 nitrogen and oxygen atoms in total. The van der Waals surface area contributed by atoms with Gasteiger partial charge in [-0.05, 0) is 50.5 Å². The minimum absolute atomic E-state index is 0.00783. The highest BCUT2D eigenvalue weighted by atomic mass is 32.1. The third kappa shape index (κ3) is 11.9. The lowest BCUT2D eigenvalue weighted by atomic mass is 9.84. The number of aromatic nitrogens is 1. The molecule has 3 amide bonds. The van der Waals surface area contributed by atoms with Crippen LogP contribution in [-0.4, -0.2) is 108 Å². The van der Waals surface area contributed by atoms with E-state index in [4.69, 9.17) is 24.9 Å². The number of primary amides is 1. The van der Waals surface area contributed by atoms with Crippen molar-refractivity contribution in [2.45, 2.75) is 103 Å². The number of thiazole rings is 1. The van der Waals surface area contributed by atoms with Crippen LogP contribution in [-0.2, 0) is 33.7 Å². The molecule has 4 rings (SSSR count). The fourth-order valence-electron chi connectivity index (χ4n) is 6.85. The number of amides is 3. The predicted octanol–water partition coefficient (Wildman–Crippen LogP) is 4.51. The average Bonchev–Trinajstić information content (AvgIpc) is 3.59. The highest BCUT2D eigenvalue weighted by molar-refractivity contribution is 7.09. The standard InChI is InChI=1S/C41H60N6O7S/c1-26(2)37-43-30(25-55-37)21-41(27(3)4,54-39(42)51)38(50)44-31(19-28-13-11-10-12-14-28)33(48)24-47-18-17-46(23-32(47)36(49)45-40(5,6)7)22-29-15-16-34(52-8)35(20-29)53-9/h10-16,20,25-27,31-33,48H,17-19,21-24H2,1-9H3,(H2,42,51)(H,44,50)(H,45,49)/t31-,32-,33+,41-/m0/s1. The molecule has 55 heavy (non-hydrogen) atoms. The number of aliphatic hydroxyl groups excluding tert-OH is 1. The van der Waals surface area contributed by atoms with Gasteiger partial charge >= 0.3 is 6.09 Å². The fraction of sp³-hybridized carbons (Fsp3) is 0.561. The van der Waals surface area contributed by atoms with Gasteiger partial charge in [0.25, 0.3) is 5.91 Å². The number of carbonyl (C=O) groups is 3. The zero-order valence-corrected chi connectivity index (χ0v) is 34.6. The molecule has 1 saturated heterocycles. The van der Waals surface area contributed by atoms with Crippen molar-refractivity contribution in [3.8, 4) is 11.5 Å². The van der Waals surface area contributed by atoms with Gasteiger partial charge in [-0.1, -0.05) is 64.1 Å². The number of aliphatic hydroxyl groups is 1. The Morgan fingerprint density at radius 3 is 2.27 bits per heavy atom. The van der Waals surface area contributed by atoms with Gasteiger partial charge in [-0.3, -0.25) is 19.4 Å². The van der Waals surface area contributed by atoms with Crippen LogP contribution in [0.3, 0.4) is 0 Å². The van der Waals surface area contributed by atoms with Crippen LogP contribution in [0, 0.1) is 5.92 Å². The van der Waals surface area contributed by atoms with E-state index >= 15 is 0 Å². The van der Waals surface area contributed by atoms with Gasteiger partial charge in [0.2, 0.25) is 5.91 Å². The quantitative estimate of drug-likeness (QED) is 0.153. The smallest absolute Gasteiger partial charge is 0.405 e. The molecule has 1 aromatic heterocycles. The monoisotopic (exact) mass is 780 g/mol. The first-order valence-corrected chi connectivity index (χ1v) is 19.8. The third-order valence-corrected chi connectivity index (χ3v) is 11.0. The summed E-state index contributed by atoms with van der Waals surface area (Å²) >= 11 is 1.48. The summed E-state index contributed by atoms with van der Waals surface area (Å²) in [4.78, 5) is 49.8. The molecule has 4 atom stereocenters. The SMILES string of the molecule is COc1ccc(CN2CCN(C[C@@H](O)[C@H](Cc3ccccc3)NC(=O)[C@@](Cc3csc(C(C)C)n3)(OC(N)=O)C(C)C)[C@H](C(=O)NC(C)(C)C)C2)cc1OC. The van der Waals surface area contributed by atoms with Crippen LogP contribution >= 0.6 is 11.3 Å². The van der Waals surface area contributed by atoms with Crippen molar-refractivity contribution >= 4 is 29.2 Å². The van der Waals surface area contributed by atoms with Gasteiger partial charge in [-0.25, -0.2) is 9.78 Å². The first-order chi connectivity index (χ1) is 25.9. The van der Waals surface area contributed by atoms with Crippen LogP contribution in [0.15, 0.2) is 53.9 Å². The Morgan fingerprint density at radius 2 is 1.69 bits per heavy atom. The van der Waals surface area contributed by atoms with Crippen LogP contribution in [0.5, 0.6) is 11.5 Å². The Bertz CT molecular complexity index is 1730. The highest BCUT2D eigenvalue weighted by Crippen LogP contribution is 2.31. The summed E-state index contributed by atoms with van der Waals surface area (Å²) in [6.45, 7) is 15.7. The van der Waals surface area contributed by atoms with Crippen LogP contribution in [0.2, 0.25) is 0 Å². The van der Waals surface area contributed by atoms with Crippen molar-refractivity contribution in [1.82, 2.24) is 25.4 Å². The Morgan fingerprint density at radius 1 is 1.00 bits per heavy atom. The molecule has 1 aliphatic rings. The number of nitrogens with two attached hydrogens (primary N) is 1. The first-order valence-electron chi connectivity index (χ1n) is 18.9. The number of hydrogen-bond acceptors (Lipinski definition) is 11. The lowest BCUT2D eigenvalue weighted by Crippen LogP contribution is -2.64. The van der Waals surface area contributed by atoms with Gasteiger partial charge in [0.05, 0.1) is 37.1 Å². The Kier molecular flexibility index (Phi) is 15.1. The lowest BCUT2D eigenvalue weighted by molar-refractivity contribution is -0.146. The first kappa shape index (κ1) is 43.5. The zero-order valence-electron chi connectivity index (χ0n) is 33.8. The molecule has 0 saturated carbocycles. The maximum absolute atomic E-state index is 14.5. The third-order valence-electron chi connectivity index (χ3n) is 9.84. The van der Waals surface area contributed by atoms with E-state index < -0.39 is 47.2 Å². The Hall–Kier alpha value is -4.24. The average molecular weight is 781 g/mol. The molecule has 302 valence electrons. The number of piperazine rings is 1. The second-order valence-electron chi connectivity index (χ2n) is 16.0. The van der Waals surface area contributed by atoms with Crippen molar-refractivity contribution < 1.29 is 33.7 Å². The number of benzene rings is 2. The van der Waals surface area contributed by atoms with E-state index in [0.717, 1.165) is 16.1 Å². The molecule has 0 radical (unpaired) electrons. The van der Waals surface area contributed by atoms with Crippen molar-refractivity contribution in [3.63, 3.8) is 0 Å². The molecule has 2 heterocycles. The Balaban J connectivity index is 1.62. The van der Waals surface area contributed by atoms with Crippen LogP contribution in [0.25, 0.3) is 0 Å². The normalized spacial score (nSPS) is 17.6. The van der Waals surface area contributed by atoms with Gasteiger partial charge in [0.1, 0.15) is 6.04 Å². The molecule has 14 heteroatoms. The van der Waals surface area contributed by atoms with E-state index in [-0.39, 0.29) is 31.2 Å². The number of carbonyl (C=O) groups excluding carboxylic acids is 3. The zero-order chi connectivity index (χ0) is 40.5. The number of nitrogens with one attached hydrogen (secondary N) is 2. The van der Waals surface area contributed by atoms with Crippen molar-refractivity contribution in [2.24, 2.45) is 11.7 Å². The summed E-state index contributed by atoms with van der Waals surface area (Å²) in [6, 6.07) is 13.9. The molecule has 5 N–H and O–H groups in total. The van der Waals surface area contributed by atoms with Crippen LogP contribution < -0.4 is 25.8 Å². The van der Waals surface area contributed by atoms with Gasteiger partial charge in [-0.2, -0.15) is 0 Å². The minimum Gasteiger partial charge on any atom is -0.493 e. The van der Waals surface area contributed by atoms with Gasteiger partial charge in [-0.15, -0.1) is 11.3 Å². The van der Waals surface area contributed by atoms with Crippen molar-refractivity contribution in [1.29, 1.82) is 0 Å². The van der Waals surface area contributed by atoms with Gasteiger partial charge in [0, 0.05) is 61.9 Å². The largest absolute Gasteiger partial charge is 0.493 e. The van der Waals surface area contributed by atoms with Crippen LogP contribution in [0.1, 0.15) is 76.2 Å². The van der Waals surface area contributed by atoms with E-state index in [2.05, 4.69) is 15.5 Å². The van der Waals surface area contributed by atoms with E-state index in [0.29, 0.717) is 43.4 Å². The summed E-state index contributed by atoms with van der Waals surface area (Å²) in [5.41, 5.74) is 5.93. The number of nitrogens with zero attached hydrogens (tertiary/aromatic N) is 3. The summed E-state index contributed by atoms with van der Waals surface area (Å²) in [5.74, 6) is 0.221. The number of rotatable bonds is 17. The number of hydrogen-bond donors (Lipinski definition) is 4. The maximum Gasteiger partial charge on any atom is 0.405 e. The molecule has 3 aromatic rings. The summed E-state index contributed by atoms with van der Waals surface area (Å²) < 4.78 is 16.7. The Labute approximate surface area is 329 Å². The van der Waals surface area contributed by atoms with E-state index in [1.54, 1.807) is 28.1 Å². The minimum atomic E-state index is -1.70. The second kappa shape index (κ2) is 19.1. The number of ether oxygens (including phenoxy) is 3. The summed E-state index contributed by atoms with van der Waals surface area (Å²) in [6.07, 6.45) is -1.91. The molecule has 2 aromatic carbocycles. The molecular weight excluding hydrogens is 721 g/mol. The lowest BCUT2D eigenvalue weighted by Gasteiger charge is -2.43. The van der Waals surface area contributed by atoms with Gasteiger partial charge in [0.15, 0.2) is 17.1 Å². The van der Waals surface area contributed by atoms with E-state index in [1.165, 1.54) is 11.3 Å². The number of methoxy groups -OCH3 is 2. The van der Waals surface area contributed by atoms with E-state index in [9.17, 15) is 19.5 Å². The highest BCUT2D eigenvalue weighted by Gasteiger charge is 2.47. The summed E-state index contributed by atoms with van der Waals surface area (Å²) in [5, 5.41) is 21.1. The maximum atomic E-state index is 14.5. The second-order valence-corrected chi connectivity index (χ2v) is 16.9. The number of β-amino-alcohol motifs (C(OH)–C–C–N with tert-alkyl or cyclic N) is 1. The molecule has 1 fully saturated rings.